The zero-order valence-corrected chi connectivity index (χ0v) is 18.5. The van der Waals surface area contributed by atoms with Gasteiger partial charge < -0.3 is 14.8 Å². The first kappa shape index (κ1) is 23.5. The van der Waals surface area contributed by atoms with E-state index in [1.807, 2.05) is 25.1 Å². The molecule has 0 fully saturated rings. The lowest BCUT2D eigenvalue weighted by atomic mass is 10.0. The molecular weight excluding hydrogens is 415 g/mol. The van der Waals surface area contributed by atoms with E-state index < -0.39 is 6.36 Å². The second kappa shape index (κ2) is 10.4. The van der Waals surface area contributed by atoms with Crippen molar-refractivity contribution >= 4 is 5.69 Å². The molecule has 0 aromatic heterocycles. The molecule has 0 bridgehead atoms. The Kier molecular flexibility index (Phi) is 7.67. The van der Waals surface area contributed by atoms with Crippen LogP contribution in [-0.2, 0) is 6.54 Å². The van der Waals surface area contributed by atoms with Crippen molar-refractivity contribution in [2.75, 3.05) is 5.32 Å². The predicted molar refractivity (Wildman–Crippen MR) is 122 cm³/mol. The molecule has 0 spiro atoms. The molecule has 170 valence electrons. The standard InChI is InChI=1S/C26H28F3NO2/c1-4-22(5-2)31-25-15-12-21(20-10-13-23(14-11-20)32-26(27,28)29)16-24(25)30-17-19-8-6-18(3)7-9-19/h6-16,22,30H,4-5,17H2,1-3H3. The Balaban J connectivity index is 1.85. The Morgan fingerprint density at radius 3 is 2.06 bits per heavy atom. The van der Waals surface area contributed by atoms with Crippen LogP contribution in [0.25, 0.3) is 11.1 Å². The molecule has 0 aliphatic rings. The molecule has 0 unspecified atom stereocenters. The van der Waals surface area contributed by atoms with E-state index in [1.54, 1.807) is 12.1 Å². The van der Waals surface area contributed by atoms with Crippen LogP contribution in [-0.4, -0.2) is 12.5 Å². The second-order valence-electron chi connectivity index (χ2n) is 7.68. The second-order valence-corrected chi connectivity index (χ2v) is 7.68. The van der Waals surface area contributed by atoms with Gasteiger partial charge in [0.25, 0.3) is 0 Å². The summed E-state index contributed by atoms with van der Waals surface area (Å²) < 4.78 is 47.5. The van der Waals surface area contributed by atoms with Crippen molar-refractivity contribution in [3.63, 3.8) is 0 Å². The predicted octanol–water partition coefficient (Wildman–Crippen LogP) is 7.74. The maximum Gasteiger partial charge on any atom is 0.573 e. The Hall–Kier alpha value is -3.15. The number of nitrogens with one attached hydrogen (secondary N) is 1. The van der Waals surface area contributed by atoms with Crippen molar-refractivity contribution in [1.29, 1.82) is 0 Å². The highest BCUT2D eigenvalue weighted by Crippen LogP contribution is 2.34. The molecule has 3 rings (SSSR count). The average Bonchev–Trinajstić information content (AvgIpc) is 2.77. The minimum Gasteiger partial charge on any atom is -0.488 e. The average molecular weight is 444 g/mol. The zero-order valence-electron chi connectivity index (χ0n) is 18.5. The SMILES string of the molecule is CCC(CC)Oc1ccc(-c2ccc(OC(F)(F)F)cc2)cc1NCc1ccc(C)cc1. The topological polar surface area (TPSA) is 30.5 Å². The Morgan fingerprint density at radius 1 is 0.844 bits per heavy atom. The molecule has 3 nitrogen and oxygen atoms in total. The van der Waals surface area contributed by atoms with Gasteiger partial charge in [-0.1, -0.05) is 61.9 Å². The summed E-state index contributed by atoms with van der Waals surface area (Å²) in [6, 6.07) is 19.9. The molecule has 0 amide bonds. The molecule has 0 heterocycles. The van der Waals surface area contributed by atoms with Crippen LogP contribution in [0.5, 0.6) is 11.5 Å². The van der Waals surface area contributed by atoms with Gasteiger partial charge >= 0.3 is 6.36 Å². The van der Waals surface area contributed by atoms with E-state index in [2.05, 4.69) is 48.2 Å². The smallest absolute Gasteiger partial charge is 0.488 e. The molecule has 3 aromatic rings. The van der Waals surface area contributed by atoms with Gasteiger partial charge in [0.15, 0.2) is 0 Å². The Bertz CT molecular complexity index is 995. The number of anilines is 1. The summed E-state index contributed by atoms with van der Waals surface area (Å²) in [5.74, 6) is 0.513. The fourth-order valence-corrected chi connectivity index (χ4v) is 3.34. The van der Waals surface area contributed by atoms with Crippen LogP contribution in [0.2, 0.25) is 0 Å². The van der Waals surface area contributed by atoms with Crippen LogP contribution >= 0.6 is 0 Å². The molecule has 6 heteroatoms. The Labute approximate surface area is 187 Å². The normalized spacial score (nSPS) is 11.5. The quantitative estimate of drug-likeness (QED) is 0.367. The van der Waals surface area contributed by atoms with E-state index >= 15 is 0 Å². The van der Waals surface area contributed by atoms with Crippen molar-refractivity contribution in [2.24, 2.45) is 0 Å². The molecular formula is C26H28F3NO2. The molecule has 0 atom stereocenters. The lowest BCUT2D eigenvalue weighted by molar-refractivity contribution is -0.274. The molecule has 0 saturated carbocycles. The van der Waals surface area contributed by atoms with Gasteiger partial charge in [0, 0.05) is 6.54 Å². The third-order valence-corrected chi connectivity index (χ3v) is 5.21. The van der Waals surface area contributed by atoms with Crippen LogP contribution in [0.3, 0.4) is 0 Å². The number of halogens is 3. The van der Waals surface area contributed by atoms with Gasteiger partial charge in [0.2, 0.25) is 0 Å². The van der Waals surface area contributed by atoms with E-state index in [0.29, 0.717) is 6.54 Å². The lowest BCUT2D eigenvalue weighted by Crippen LogP contribution is -2.16. The minimum atomic E-state index is -4.71. The van der Waals surface area contributed by atoms with Gasteiger partial charge in [0.05, 0.1) is 11.8 Å². The number of hydrogen-bond acceptors (Lipinski definition) is 3. The molecule has 32 heavy (non-hydrogen) atoms. The number of aryl methyl sites for hydroxylation is 1. The van der Waals surface area contributed by atoms with E-state index in [1.165, 1.54) is 17.7 Å². The first-order valence-electron chi connectivity index (χ1n) is 10.7. The van der Waals surface area contributed by atoms with Crippen molar-refractivity contribution in [2.45, 2.75) is 52.6 Å². The van der Waals surface area contributed by atoms with Gasteiger partial charge in [0.1, 0.15) is 11.5 Å². The maximum absolute atomic E-state index is 12.4. The molecule has 1 N–H and O–H groups in total. The summed E-state index contributed by atoms with van der Waals surface area (Å²) in [7, 11) is 0. The first-order chi connectivity index (χ1) is 15.3. The summed E-state index contributed by atoms with van der Waals surface area (Å²) in [6.07, 6.45) is -2.80. The number of alkyl halides is 3. The van der Waals surface area contributed by atoms with E-state index in [0.717, 1.165) is 41.0 Å². The summed E-state index contributed by atoms with van der Waals surface area (Å²) >= 11 is 0. The van der Waals surface area contributed by atoms with Crippen molar-refractivity contribution < 1.29 is 22.6 Å². The summed E-state index contributed by atoms with van der Waals surface area (Å²) in [6.45, 7) is 6.85. The van der Waals surface area contributed by atoms with Gasteiger partial charge in [-0.3, -0.25) is 0 Å². The van der Waals surface area contributed by atoms with E-state index in [-0.39, 0.29) is 11.9 Å². The van der Waals surface area contributed by atoms with Crippen LogP contribution in [0, 0.1) is 6.92 Å². The van der Waals surface area contributed by atoms with Crippen LogP contribution in [0.1, 0.15) is 37.8 Å². The molecule has 0 radical (unpaired) electrons. The minimum absolute atomic E-state index is 0.111. The maximum atomic E-state index is 12.4. The van der Waals surface area contributed by atoms with Crippen molar-refractivity contribution in [3.05, 3.63) is 77.9 Å². The molecule has 0 aliphatic heterocycles. The largest absolute Gasteiger partial charge is 0.573 e. The van der Waals surface area contributed by atoms with Gasteiger partial charge in [-0.05, 0) is 60.7 Å². The van der Waals surface area contributed by atoms with E-state index in [9.17, 15) is 13.2 Å². The van der Waals surface area contributed by atoms with Gasteiger partial charge in [-0.2, -0.15) is 0 Å². The fraction of sp³-hybridized carbons (Fsp3) is 0.308. The number of benzene rings is 3. The Morgan fingerprint density at radius 2 is 1.47 bits per heavy atom. The number of hydrogen-bond donors (Lipinski definition) is 1. The van der Waals surface area contributed by atoms with Gasteiger partial charge in [-0.15, -0.1) is 13.2 Å². The lowest BCUT2D eigenvalue weighted by Gasteiger charge is -2.20. The van der Waals surface area contributed by atoms with Crippen molar-refractivity contribution in [3.8, 4) is 22.6 Å². The van der Waals surface area contributed by atoms with Crippen LogP contribution in [0.4, 0.5) is 18.9 Å². The van der Waals surface area contributed by atoms with Crippen LogP contribution < -0.4 is 14.8 Å². The molecule has 0 aliphatic carbocycles. The highest BCUT2D eigenvalue weighted by Gasteiger charge is 2.31. The molecule has 0 saturated heterocycles. The highest BCUT2D eigenvalue weighted by atomic mass is 19.4. The zero-order chi connectivity index (χ0) is 23.1. The van der Waals surface area contributed by atoms with Crippen LogP contribution in [0.15, 0.2) is 66.7 Å². The fourth-order valence-electron chi connectivity index (χ4n) is 3.34. The first-order valence-corrected chi connectivity index (χ1v) is 10.7. The third-order valence-electron chi connectivity index (χ3n) is 5.21. The number of rotatable bonds is 9. The third kappa shape index (κ3) is 6.67. The number of ether oxygens (including phenoxy) is 2. The molecule has 3 aromatic carbocycles. The summed E-state index contributed by atoms with van der Waals surface area (Å²) in [4.78, 5) is 0. The monoisotopic (exact) mass is 443 g/mol. The van der Waals surface area contributed by atoms with Gasteiger partial charge in [-0.25, -0.2) is 0 Å². The summed E-state index contributed by atoms with van der Waals surface area (Å²) in [5.41, 5.74) is 4.83. The van der Waals surface area contributed by atoms with Crippen molar-refractivity contribution in [1.82, 2.24) is 0 Å². The highest BCUT2D eigenvalue weighted by molar-refractivity contribution is 5.72. The van der Waals surface area contributed by atoms with E-state index in [4.69, 9.17) is 4.74 Å². The summed E-state index contributed by atoms with van der Waals surface area (Å²) in [5, 5.41) is 3.46.